The maximum atomic E-state index is 12.0. The van der Waals surface area contributed by atoms with E-state index in [0.29, 0.717) is 6.04 Å². The lowest BCUT2D eigenvalue weighted by Gasteiger charge is -2.11. The fourth-order valence-corrected chi connectivity index (χ4v) is 2.32. The van der Waals surface area contributed by atoms with Crippen molar-refractivity contribution in [1.29, 1.82) is 0 Å². The summed E-state index contributed by atoms with van der Waals surface area (Å²) in [6.07, 6.45) is 4.53. The largest absolute Gasteiger partial charge is 0.344 e. The van der Waals surface area contributed by atoms with Gasteiger partial charge in [0, 0.05) is 6.04 Å². The summed E-state index contributed by atoms with van der Waals surface area (Å²) in [4.78, 5) is 12.0. The first kappa shape index (κ1) is 10.3. The lowest BCUT2D eigenvalue weighted by atomic mass is 10.2. The van der Waals surface area contributed by atoms with Gasteiger partial charge in [0.15, 0.2) is 0 Å². The van der Waals surface area contributed by atoms with Gasteiger partial charge < -0.3 is 5.32 Å². The molecule has 1 fully saturated rings. The third kappa shape index (κ3) is 1.88. The Hall–Kier alpha value is -1.91. The number of rotatable bonds is 1. The van der Waals surface area contributed by atoms with Crippen molar-refractivity contribution in [1.82, 2.24) is 20.3 Å². The molecule has 1 amide bonds. The molecule has 17 heavy (non-hydrogen) atoms. The highest BCUT2D eigenvalue weighted by Crippen LogP contribution is 2.18. The van der Waals surface area contributed by atoms with E-state index >= 15 is 0 Å². The number of fused-ring (bicyclic) bond motifs is 1. The molecule has 0 bridgehead atoms. The van der Waals surface area contributed by atoms with Gasteiger partial charge >= 0.3 is 6.03 Å². The molecule has 3 rings (SSSR count). The Balaban J connectivity index is 1.85. The van der Waals surface area contributed by atoms with Crippen LogP contribution in [0.4, 0.5) is 4.79 Å². The summed E-state index contributed by atoms with van der Waals surface area (Å²) < 4.78 is 1.34. The zero-order valence-corrected chi connectivity index (χ0v) is 9.47. The van der Waals surface area contributed by atoms with Crippen LogP contribution < -0.4 is 5.32 Å². The number of nitrogens with zero attached hydrogens (tertiary/aromatic N) is 3. The second-order valence-electron chi connectivity index (χ2n) is 4.42. The van der Waals surface area contributed by atoms with E-state index in [4.69, 9.17) is 0 Å². The number of benzene rings is 1. The van der Waals surface area contributed by atoms with Crippen LogP contribution in [-0.4, -0.2) is 27.1 Å². The monoisotopic (exact) mass is 230 g/mol. The molecule has 2 aromatic rings. The van der Waals surface area contributed by atoms with Crippen molar-refractivity contribution in [3.63, 3.8) is 0 Å². The summed E-state index contributed by atoms with van der Waals surface area (Å²) in [6.45, 7) is 0. The quantitative estimate of drug-likeness (QED) is 0.814. The lowest BCUT2D eigenvalue weighted by Crippen LogP contribution is -2.36. The van der Waals surface area contributed by atoms with Crippen LogP contribution in [0.5, 0.6) is 0 Å². The number of nitrogens with one attached hydrogen (secondary N) is 1. The summed E-state index contributed by atoms with van der Waals surface area (Å²) >= 11 is 0. The maximum absolute atomic E-state index is 12.0. The molecule has 1 aliphatic rings. The molecule has 0 atom stereocenters. The zero-order chi connectivity index (χ0) is 11.7. The van der Waals surface area contributed by atoms with Crippen LogP contribution >= 0.6 is 0 Å². The lowest BCUT2D eigenvalue weighted by molar-refractivity contribution is 0.236. The number of para-hydroxylation sites is 1. The van der Waals surface area contributed by atoms with Gasteiger partial charge in [0.1, 0.15) is 5.52 Å². The number of carbonyl (C=O) groups excluding carboxylic acids is 1. The van der Waals surface area contributed by atoms with Crippen molar-refractivity contribution in [2.24, 2.45) is 0 Å². The summed E-state index contributed by atoms with van der Waals surface area (Å²) in [5, 5.41) is 10.9. The maximum Gasteiger partial charge on any atom is 0.344 e. The molecule has 0 saturated heterocycles. The number of amides is 1. The first-order chi connectivity index (χ1) is 8.34. The van der Waals surface area contributed by atoms with Crippen molar-refractivity contribution in [2.45, 2.75) is 31.7 Å². The Kier molecular flexibility index (Phi) is 2.51. The molecule has 0 spiro atoms. The second-order valence-corrected chi connectivity index (χ2v) is 4.42. The molecule has 1 aromatic carbocycles. The molecule has 1 saturated carbocycles. The molecule has 0 unspecified atom stereocenters. The molecule has 5 heteroatoms. The summed E-state index contributed by atoms with van der Waals surface area (Å²) in [5.41, 5.74) is 1.50. The van der Waals surface area contributed by atoms with Crippen LogP contribution in [0.3, 0.4) is 0 Å². The first-order valence-corrected chi connectivity index (χ1v) is 5.96. The molecular formula is C12H14N4O. The highest BCUT2D eigenvalue weighted by molar-refractivity contribution is 5.87. The van der Waals surface area contributed by atoms with E-state index in [1.54, 1.807) is 0 Å². The van der Waals surface area contributed by atoms with Gasteiger partial charge in [0.2, 0.25) is 0 Å². The van der Waals surface area contributed by atoms with Gasteiger partial charge in [-0.2, -0.15) is 4.68 Å². The third-order valence-corrected chi connectivity index (χ3v) is 3.23. The molecule has 5 nitrogen and oxygen atoms in total. The molecule has 1 N–H and O–H groups in total. The number of hydrogen-bond acceptors (Lipinski definition) is 3. The van der Waals surface area contributed by atoms with Crippen LogP contribution in [0.1, 0.15) is 25.7 Å². The predicted octanol–water partition coefficient (Wildman–Crippen LogP) is 1.93. The van der Waals surface area contributed by atoms with E-state index in [2.05, 4.69) is 15.6 Å². The highest BCUT2D eigenvalue weighted by Gasteiger charge is 2.19. The van der Waals surface area contributed by atoms with Crippen molar-refractivity contribution in [3.8, 4) is 0 Å². The van der Waals surface area contributed by atoms with E-state index in [0.717, 1.165) is 23.9 Å². The van der Waals surface area contributed by atoms with Crippen molar-refractivity contribution in [3.05, 3.63) is 24.3 Å². The van der Waals surface area contributed by atoms with Gasteiger partial charge in [-0.15, -0.1) is 5.10 Å². The molecule has 1 aromatic heterocycles. The average Bonchev–Trinajstić information content (AvgIpc) is 2.96. The fraction of sp³-hybridized carbons (Fsp3) is 0.417. The molecule has 0 radical (unpaired) electrons. The van der Waals surface area contributed by atoms with Crippen molar-refractivity contribution < 1.29 is 4.79 Å². The molecule has 88 valence electrons. The van der Waals surface area contributed by atoms with Gasteiger partial charge in [-0.05, 0) is 25.0 Å². The molecule has 1 heterocycles. The SMILES string of the molecule is O=C(NC1CCCC1)n1nnc2ccccc21. The molecule has 0 aliphatic heterocycles. The molecular weight excluding hydrogens is 216 g/mol. The van der Waals surface area contributed by atoms with E-state index in [9.17, 15) is 4.79 Å². The van der Waals surface area contributed by atoms with Crippen molar-refractivity contribution >= 4 is 17.1 Å². The number of aromatic nitrogens is 3. The van der Waals surface area contributed by atoms with E-state index < -0.39 is 0 Å². The third-order valence-electron chi connectivity index (χ3n) is 3.23. The first-order valence-electron chi connectivity index (χ1n) is 5.96. The summed E-state index contributed by atoms with van der Waals surface area (Å²) in [7, 11) is 0. The van der Waals surface area contributed by atoms with Gasteiger partial charge in [-0.25, -0.2) is 4.79 Å². The standard InChI is InChI=1S/C12H14N4O/c17-12(13-9-5-1-2-6-9)16-11-8-4-3-7-10(11)14-15-16/h3-4,7-9H,1-2,5-6H2,(H,13,17). The van der Waals surface area contributed by atoms with E-state index in [-0.39, 0.29) is 6.03 Å². The second kappa shape index (κ2) is 4.16. The zero-order valence-electron chi connectivity index (χ0n) is 9.47. The fourth-order valence-electron chi connectivity index (χ4n) is 2.32. The Labute approximate surface area is 98.8 Å². The van der Waals surface area contributed by atoms with E-state index in [1.165, 1.54) is 17.5 Å². The van der Waals surface area contributed by atoms with E-state index in [1.807, 2.05) is 24.3 Å². The van der Waals surface area contributed by atoms with Gasteiger partial charge in [0.25, 0.3) is 0 Å². The van der Waals surface area contributed by atoms with Gasteiger partial charge in [0.05, 0.1) is 5.52 Å². The van der Waals surface area contributed by atoms with Crippen LogP contribution in [0.15, 0.2) is 24.3 Å². The van der Waals surface area contributed by atoms with Crippen LogP contribution in [-0.2, 0) is 0 Å². The van der Waals surface area contributed by atoms with Crippen LogP contribution in [0.25, 0.3) is 11.0 Å². The Bertz CT molecular complexity index is 542. The minimum absolute atomic E-state index is 0.175. The number of hydrogen-bond donors (Lipinski definition) is 1. The predicted molar refractivity (Wildman–Crippen MR) is 63.7 cm³/mol. The topological polar surface area (TPSA) is 59.8 Å². The Morgan fingerprint density at radius 3 is 2.88 bits per heavy atom. The minimum atomic E-state index is -0.175. The smallest absolute Gasteiger partial charge is 0.333 e. The van der Waals surface area contributed by atoms with Crippen molar-refractivity contribution in [2.75, 3.05) is 0 Å². The summed E-state index contributed by atoms with van der Waals surface area (Å²) in [5.74, 6) is 0. The average molecular weight is 230 g/mol. The number of carbonyl (C=O) groups is 1. The highest BCUT2D eigenvalue weighted by atomic mass is 16.2. The normalized spacial score (nSPS) is 16.5. The Morgan fingerprint density at radius 1 is 1.29 bits per heavy atom. The van der Waals surface area contributed by atoms with Gasteiger partial charge in [-0.1, -0.05) is 30.2 Å². The Morgan fingerprint density at radius 2 is 2.06 bits per heavy atom. The van der Waals surface area contributed by atoms with Crippen LogP contribution in [0.2, 0.25) is 0 Å². The minimum Gasteiger partial charge on any atom is -0.333 e. The van der Waals surface area contributed by atoms with Gasteiger partial charge in [-0.3, -0.25) is 0 Å². The van der Waals surface area contributed by atoms with Crippen LogP contribution in [0, 0.1) is 0 Å². The summed E-state index contributed by atoms with van der Waals surface area (Å²) in [6, 6.07) is 7.59. The molecule has 1 aliphatic carbocycles.